The van der Waals surface area contributed by atoms with Crippen molar-refractivity contribution in [3.63, 3.8) is 0 Å². The molecule has 0 saturated carbocycles. The minimum Gasteiger partial charge on any atom is -0.497 e. The summed E-state index contributed by atoms with van der Waals surface area (Å²) >= 11 is 6.62. The lowest BCUT2D eigenvalue weighted by Gasteiger charge is -2.33. The number of rotatable bonds is 10. The van der Waals surface area contributed by atoms with E-state index in [-0.39, 0.29) is 18.6 Å². The van der Waals surface area contributed by atoms with Gasteiger partial charge in [0.05, 0.1) is 35.9 Å². The molecule has 1 fully saturated rings. The predicted molar refractivity (Wildman–Crippen MR) is 168 cm³/mol. The van der Waals surface area contributed by atoms with E-state index < -0.39 is 0 Å². The maximum absolute atomic E-state index is 12.2. The molecule has 10 nitrogen and oxygen atoms in total. The van der Waals surface area contributed by atoms with Gasteiger partial charge in [0.1, 0.15) is 22.8 Å². The zero-order chi connectivity index (χ0) is 29.6. The van der Waals surface area contributed by atoms with E-state index in [0.717, 1.165) is 55.0 Å². The Morgan fingerprint density at radius 1 is 1.05 bits per heavy atom. The van der Waals surface area contributed by atoms with Crippen LogP contribution in [0.4, 0.5) is 11.4 Å². The number of carbonyl (C=O) groups is 1. The number of halogens is 1. The first-order valence-electron chi connectivity index (χ1n) is 14.1. The van der Waals surface area contributed by atoms with E-state index in [4.69, 9.17) is 26.1 Å². The number of imidazole rings is 1. The van der Waals surface area contributed by atoms with Crippen molar-refractivity contribution < 1.29 is 14.3 Å². The molecule has 5 aromatic rings. The number of anilines is 2. The Labute approximate surface area is 254 Å². The topological polar surface area (TPSA) is 117 Å². The molecule has 0 unspecified atom stereocenters. The Kier molecular flexibility index (Phi) is 8.67. The minimum absolute atomic E-state index is 0.114. The number of ether oxygens (including phenoxy) is 2. The van der Waals surface area contributed by atoms with Crippen molar-refractivity contribution in [3.05, 3.63) is 89.8 Å². The summed E-state index contributed by atoms with van der Waals surface area (Å²) in [7, 11) is 1.68. The largest absolute Gasteiger partial charge is 0.497 e. The van der Waals surface area contributed by atoms with Gasteiger partial charge in [0.25, 0.3) is 5.91 Å². The number of nitrogens with one attached hydrogen (secondary N) is 3. The van der Waals surface area contributed by atoms with Gasteiger partial charge in [-0.2, -0.15) is 0 Å². The summed E-state index contributed by atoms with van der Waals surface area (Å²) in [6.07, 6.45) is 6.87. The fourth-order valence-electron chi connectivity index (χ4n) is 5.13. The number of nitrogens with zero attached hydrogens (tertiary/aromatic N) is 4. The first-order valence-corrected chi connectivity index (χ1v) is 14.5. The third-order valence-electron chi connectivity index (χ3n) is 7.42. The second-order valence-electron chi connectivity index (χ2n) is 10.4. The van der Waals surface area contributed by atoms with E-state index in [0.29, 0.717) is 27.9 Å². The first-order chi connectivity index (χ1) is 21.0. The third kappa shape index (κ3) is 7.04. The average Bonchev–Trinajstić information content (AvgIpc) is 3.48. The van der Waals surface area contributed by atoms with Crippen LogP contribution in [0.1, 0.15) is 18.4 Å². The summed E-state index contributed by atoms with van der Waals surface area (Å²) in [5, 5.41) is 6.96. The Balaban J connectivity index is 1.06. The monoisotopic (exact) mass is 597 g/mol. The van der Waals surface area contributed by atoms with Crippen molar-refractivity contribution in [1.29, 1.82) is 0 Å². The number of methoxy groups -OCH3 is 1. The highest BCUT2D eigenvalue weighted by Gasteiger charge is 2.22. The van der Waals surface area contributed by atoms with Crippen molar-refractivity contribution in [1.82, 2.24) is 24.8 Å². The van der Waals surface area contributed by atoms with Gasteiger partial charge in [0.2, 0.25) is 0 Å². The highest BCUT2D eigenvalue weighted by Crippen LogP contribution is 2.32. The number of carbonyl (C=O) groups excluding carboxylic acids is 1. The van der Waals surface area contributed by atoms with Crippen LogP contribution in [0, 0.1) is 0 Å². The molecule has 3 N–H and O–H groups in total. The smallest absolute Gasteiger partial charge is 0.262 e. The third-order valence-corrected chi connectivity index (χ3v) is 7.70. The van der Waals surface area contributed by atoms with Gasteiger partial charge in [-0.3, -0.25) is 14.7 Å². The molecule has 0 bridgehead atoms. The number of benzene rings is 2. The SMILES string of the molecule is COc1ccc(CN2CCC(Nc3c(Cl)cnc4nc(-c5ccc(OCC(=O)Nc6cccnc6)cc5)[nH]c34)CC2)cc1. The molecule has 1 saturated heterocycles. The summed E-state index contributed by atoms with van der Waals surface area (Å²) in [6, 6.07) is 19.5. The zero-order valence-electron chi connectivity index (χ0n) is 23.7. The quantitative estimate of drug-likeness (QED) is 0.186. The van der Waals surface area contributed by atoms with E-state index in [9.17, 15) is 4.79 Å². The molecule has 43 heavy (non-hydrogen) atoms. The number of aromatic amines is 1. The van der Waals surface area contributed by atoms with E-state index in [1.54, 1.807) is 50.0 Å². The van der Waals surface area contributed by atoms with Gasteiger partial charge in [-0.1, -0.05) is 23.7 Å². The van der Waals surface area contributed by atoms with Crippen molar-refractivity contribution >= 4 is 40.0 Å². The number of aromatic nitrogens is 4. The van der Waals surface area contributed by atoms with Gasteiger partial charge in [0.15, 0.2) is 12.3 Å². The van der Waals surface area contributed by atoms with Gasteiger partial charge in [-0.25, -0.2) is 9.97 Å². The molecule has 3 aromatic heterocycles. The highest BCUT2D eigenvalue weighted by molar-refractivity contribution is 6.34. The Bertz CT molecular complexity index is 1670. The lowest BCUT2D eigenvalue weighted by Crippen LogP contribution is -2.38. The molecule has 0 spiro atoms. The number of fused-ring (bicyclic) bond motifs is 1. The number of piperidine rings is 1. The van der Waals surface area contributed by atoms with E-state index in [1.165, 1.54) is 5.56 Å². The molecule has 2 aromatic carbocycles. The molecule has 1 amide bonds. The molecule has 0 aliphatic carbocycles. The van der Waals surface area contributed by atoms with Crippen LogP contribution in [0.2, 0.25) is 5.02 Å². The molecular formula is C32H32ClN7O3. The van der Waals surface area contributed by atoms with Crippen LogP contribution >= 0.6 is 11.6 Å². The van der Waals surface area contributed by atoms with Crippen LogP contribution in [0.3, 0.4) is 0 Å². The Hall–Kier alpha value is -4.67. The summed E-state index contributed by atoms with van der Waals surface area (Å²) in [4.78, 5) is 31.2. The van der Waals surface area contributed by atoms with Gasteiger partial charge >= 0.3 is 0 Å². The summed E-state index contributed by atoms with van der Waals surface area (Å²) in [5.74, 6) is 1.85. The lowest BCUT2D eigenvalue weighted by molar-refractivity contribution is -0.118. The van der Waals surface area contributed by atoms with Crippen molar-refractivity contribution in [2.45, 2.75) is 25.4 Å². The maximum atomic E-state index is 12.2. The highest BCUT2D eigenvalue weighted by atomic mass is 35.5. The summed E-state index contributed by atoms with van der Waals surface area (Å²) < 4.78 is 10.9. The van der Waals surface area contributed by atoms with Crippen LogP contribution < -0.4 is 20.1 Å². The van der Waals surface area contributed by atoms with Crippen molar-refractivity contribution in [2.75, 3.05) is 37.4 Å². The molecule has 0 radical (unpaired) electrons. The molecule has 4 heterocycles. The van der Waals surface area contributed by atoms with Gasteiger partial charge in [-0.05, 0) is 66.9 Å². The van der Waals surface area contributed by atoms with E-state index in [1.807, 2.05) is 24.3 Å². The number of amides is 1. The van der Waals surface area contributed by atoms with Crippen LogP contribution in [0.5, 0.6) is 11.5 Å². The second-order valence-corrected chi connectivity index (χ2v) is 10.8. The molecule has 11 heteroatoms. The number of H-pyrrole nitrogens is 1. The molecule has 220 valence electrons. The Morgan fingerprint density at radius 2 is 1.81 bits per heavy atom. The number of likely N-dealkylation sites (tertiary alicyclic amines) is 1. The fraction of sp³-hybridized carbons (Fsp3) is 0.250. The van der Waals surface area contributed by atoms with Crippen LogP contribution in [-0.2, 0) is 11.3 Å². The number of hydrogen-bond acceptors (Lipinski definition) is 8. The zero-order valence-corrected chi connectivity index (χ0v) is 24.5. The normalized spacial score (nSPS) is 14.0. The predicted octanol–water partition coefficient (Wildman–Crippen LogP) is 5.78. The van der Waals surface area contributed by atoms with Crippen molar-refractivity contribution in [3.8, 4) is 22.9 Å². The van der Waals surface area contributed by atoms with E-state index in [2.05, 4.69) is 42.6 Å². The van der Waals surface area contributed by atoms with Gasteiger partial charge < -0.3 is 25.1 Å². The summed E-state index contributed by atoms with van der Waals surface area (Å²) in [5.41, 5.74) is 4.94. The first kappa shape index (κ1) is 28.4. The molecule has 1 aliphatic heterocycles. The lowest BCUT2D eigenvalue weighted by atomic mass is 10.0. The van der Waals surface area contributed by atoms with E-state index >= 15 is 0 Å². The molecule has 6 rings (SSSR count). The summed E-state index contributed by atoms with van der Waals surface area (Å²) in [6.45, 7) is 2.78. The van der Waals surface area contributed by atoms with Gasteiger partial charge in [-0.15, -0.1) is 0 Å². The second kappa shape index (κ2) is 13.1. The number of pyridine rings is 2. The standard InChI is InChI=1S/C32H32ClN7O3/c1-42-25-8-4-21(5-9-25)19-40-15-12-23(13-16-40)37-29-27(33)18-35-32-30(29)38-31(39-32)22-6-10-26(11-7-22)43-20-28(41)36-24-3-2-14-34-17-24/h2-11,14,17-18,23H,12-13,15-16,19-20H2,1H3,(H,36,41)(H2,35,37,38,39). The molecular weight excluding hydrogens is 566 g/mol. The number of hydrogen-bond donors (Lipinski definition) is 3. The Morgan fingerprint density at radius 3 is 2.53 bits per heavy atom. The van der Waals surface area contributed by atoms with Gasteiger partial charge in [0, 0.05) is 37.4 Å². The fourth-order valence-corrected chi connectivity index (χ4v) is 5.33. The molecule has 0 atom stereocenters. The van der Waals surface area contributed by atoms with Crippen molar-refractivity contribution in [2.24, 2.45) is 0 Å². The average molecular weight is 598 g/mol. The van der Waals surface area contributed by atoms with Crippen LogP contribution in [-0.4, -0.2) is 63.6 Å². The minimum atomic E-state index is -0.264. The molecule has 1 aliphatic rings. The van der Waals surface area contributed by atoms with Crippen LogP contribution in [0.15, 0.2) is 79.3 Å². The maximum Gasteiger partial charge on any atom is 0.262 e. The van der Waals surface area contributed by atoms with Crippen LogP contribution in [0.25, 0.3) is 22.6 Å².